The molecule has 2 atom stereocenters. The van der Waals surface area contributed by atoms with E-state index in [0.717, 1.165) is 17.7 Å². The Labute approximate surface area is 144 Å². The Morgan fingerprint density at radius 1 is 1.04 bits per heavy atom. The number of benzene rings is 2. The van der Waals surface area contributed by atoms with E-state index in [4.69, 9.17) is 9.47 Å². The quantitative estimate of drug-likeness (QED) is 0.673. The SMILES string of the molecule is CCC(=O)OC(C)C(Oc1ccc(C(F)(F)F)cc1)c1ccccc1. The molecule has 2 aromatic carbocycles. The molecule has 0 heterocycles. The lowest BCUT2D eigenvalue weighted by Gasteiger charge is -2.25. The Kier molecular flexibility index (Phi) is 6.07. The molecule has 0 aliphatic heterocycles. The summed E-state index contributed by atoms with van der Waals surface area (Å²) in [6.45, 7) is 3.37. The van der Waals surface area contributed by atoms with Gasteiger partial charge >= 0.3 is 12.1 Å². The summed E-state index contributed by atoms with van der Waals surface area (Å²) in [4.78, 5) is 11.6. The predicted molar refractivity (Wildman–Crippen MR) is 87.1 cm³/mol. The maximum atomic E-state index is 12.7. The highest BCUT2D eigenvalue weighted by molar-refractivity contribution is 5.69. The third-order valence-electron chi connectivity index (χ3n) is 3.61. The van der Waals surface area contributed by atoms with Crippen LogP contribution in [-0.4, -0.2) is 12.1 Å². The molecule has 3 nitrogen and oxygen atoms in total. The van der Waals surface area contributed by atoms with Crippen LogP contribution in [0.25, 0.3) is 0 Å². The van der Waals surface area contributed by atoms with Gasteiger partial charge in [-0.15, -0.1) is 0 Å². The van der Waals surface area contributed by atoms with Gasteiger partial charge in [0.25, 0.3) is 0 Å². The summed E-state index contributed by atoms with van der Waals surface area (Å²) >= 11 is 0. The van der Waals surface area contributed by atoms with Gasteiger partial charge in [-0.1, -0.05) is 37.3 Å². The van der Waals surface area contributed by atoms with Crippen LogP contribution in [0.1, 0.15) is 37.5 Å². The first-order valence-corrected chi connectivity index (χ1v) is 7.89. The molecule has 0 saturated heterocycles. The number of carbonyl (C=O) groups excluding carboxylic acids is 1. The third-order valence-corrected chi connectivity index (χ3v) is 3.61. The topological polar surface area (TPSA) is 35.5 Å². The lowest BCUT2D eigenvalue weighted by Crippen LogP contribution is -2.26. The number of hydrogen-bond acceptors (Lipinski definition) is 3. The second kappa shape index (κ2) is 8.05. The van der Waals surface area contributed by atoms with E-state index in [-0.39, 0.29) is 18.1 Å². The van der Waals surface area contributed by atoms with Crippen LogP contribution in [0.15, 0.2) is 54.6 Å². The van der Waals surface area contributed by atoms with Gasteiger partial charge in [-0.05, 0) is 36.8 Å². The third kappa shape index (κ3) is 5.24. The Morgan fingerprint density at radius 2 is 1.64 bits per heavy atom. The number of esters is 1. The number of hydrogen-bond donors (Lipinski definition) is 0. The number of rotatable bonds is 6. The highest BCUT2D eigenvalue weighted by Gasteiger charge is 2.30. The van der Waals surface area contributed by atoms with Crippen LogP contribution in [0.3, 0.4) is 0 Å². The van der Waals surface area contributed by atoms with Gasteiger partial charge in [0, 0.05) is 6.42 Å². The van der Waals surface area contributed by atoms with Crippen molar-refractivity contribution in [2.45, 2.75) is 38.7 Å². The predicted octanol–water partition coefficient (Wildman–Crippen LogP) is 5.17. The van der Waals surface area contributed by atoms with Crippen LogP contribution >= 0.6 is 0 Å². The molecule has 0 fully saturated rings. The van der Waals surface area contributed by atoms with Gasteiger partial charge in [-0.25, -0.2) is 0 Å². The van der Waals surface area contributed by atoms with E-state index in [0.29, 0.717) is 0 Å². The number of halogens is 3. The van der Waals surface area contributed by atoms with Crippen LogP contribution in [0, 0.1) is 0 Å². The molecule has 0 bridgehead atoms. The van der Waals surface area contributed by atoms with Crippen LogP contribution < -0.4 is 4.74 Å². The molecule has 0 spiro atoms. The molecule has 25 heavy (non-hydrogen) atoms. The standard InChI is InChI=1S/C19H19F3O3/c1-3-17(23)24-13(2)18(14-7-5-4-6-8-14)25-16-11-9-15(10-12-16)19(20,21)22/h4-13,18H,3H2,1-2H3. The maximum absolute atomic E-state index is 12.7. The zero-order valence-electron chi connectivity index (χ0n) is 13.9. The zero-order chi connectivity index (χ0) is 18.4. The van der Waals surface area contributed by atoms with Gasteiger partial charge in [-0.2, -0.15) is 13.2 Å². The summed E-state index contributed by atoms with van der Waals surface area (Å²) in [6.07, 6.45) is -5.40. The molecule has 0 aliphatic carbocycles. The van der Waals surface area contributed by atoms with E-state index in [9.17, 15) is 18.0 Å². The second-order valence-corrected chi connectivity index (χ2v) is 5.52. The van der Waals surface area contributed by atoms with Crippen LogP contribution in [-0.2, 0) is 15.7 Å². The smallest absolute Gasteiger partial charge is 0.416 e. The fourth-order valence-corrected chi connectivity index (χ4v) is 2.30. The van der Waals surface area contributed by atoms with Crippen molar-refractivity contribution < 1.29 is 27.4 Å². The highest BCUT2D eigenvalue weighted by atomic mass is 19.4. The molecule has 134 valence electrons. The fraction of sp³-hybridized carbons (Fsp3) is 0.316. The summed E-state index contributed by atoms with van der Waals surface area (Å²) in [5.41, 5.74) is 0.0142. The van der Waals surface area contributed by atoms with E-state index in [2.05, 4.69) is 0 Å². The molecular weight excluding hydrogens is 333 g/mol. The largest absolute Gasteiger partial charge is 0.482 e. The van der Waals surface area contributed by atoms with Crippen molar-refractivity contribution in [2.75, 3.05) is 0 Å². The van der Waals surface area contributed by atoms with Crippen molar-refractivity contribution in [3.05, 3.63) is 65.7 Å². The van der Waals surface area contributed by atoms with E-state index < -0.39 is 23.9 Å². The summed E-state index contributed by atoms with van der Waals surface area (Å²) in [6, 6.07) is 13.5. The van der Waals surface area contributed by atoms with Gasteiger partial charge in [0.2, 0.25) is 0 Å². The summed E-state index contributed by atoms with van der Waals surface area (Å²) < 4.78 is 49.1. The van der Waals surface area contributed by atoms with Crippen molar-refractivity contribution in [1.29, 1.82) is 0 Å². The molecule has 2 unspecified atom stereocenters. The minimum atomic E-state index is -4.40. The van der Waals surface area contributed by atoms with Gasteiger partial charge < -0.3 is 9.47 Å². The van der Waals surface area contributed by atoms with Crippen molar-refractivity contribution in [2.24, 2.45) is 0 Å². The maximum Gasteiger partial charge on any atom is 0.416 e. The summed E-state index contributed by atoms with van der Waals surface area (Å²) in [5.74, 6) is -0.106. The lowest BCUT2D eigenvalue weighted by atomic mass is 10.0. The van der Waals surface area contributed by atoms with Crippen LogP contribution in [0.4, 0.5) is 13.2 Å². The minimum absolute atomic E-state index is 0.228. The van der Waals surface area contributed by atoms with Crippen LogP contribution in [0.5, 0.6) is 5.75 Å². The minimum Gasteiger partial charge on any atom is -0.482 e. The average molecular weight is 352 g/mol. The zero-order valence-corrected chi connectivity index (χ0v) is 13.9. The molecular formula is C19H19F3O3. The van der Waals surface area contributed by atoms with Gasteiger partial charge in [-0.3, -0.25) is 4.79 Å². The number of ether oxygens (including phenoxy) is 2. The number of alkyl halides is 3. The molecule has 2 rings (SSSR count). The van der Waals surface area contributed by atoms with E-state index in [1.54, 1.807) is 13.8 Å². The first-order chi connectivity index (χ1) is 11.8. The average Bonchev–Trinajstić information content (AvgIpc) is 2.59. The van der Waals surface area contributed by atoms with Crippen molar-refractivity contribution in [1.82, 2.24) is 0 Å². The molecule has 0 N–H and O–H groups in total. The molecule has 0 aliphatic rings. The van der Waals surface area contributed by atoms with Gasteiger partial charge in [0.1, 0.15) is 11.9 Å². The highest BCUT2D eigenvalue weighted by Crippen LogP contribution is 2.32. The van der Waals surface area contributed by atoms with E-state index >= 15 is 0 Å². The normalized spacial score (nSPS) is 13.8. The molecule has 2 aromatic rings. The van der Waals surface area contributed by atoms with Gasteiger partial charge in [0.05, 0.1) is 5.56 Å². The van der Waals surface area contributed by atoms with Gasteiger partial charge in [0.15, 0.2) is 6.10 Å². The van der Waals surface area contributed by atoms with Crippen molar-refractivity contribution in [3.63, 3.8) is 0 Å². The Hall–Kier alpha value is -2.50. The summed E-state index contributed by atoms with van der Waals surface area (Å²) in [5, 5.41) is 0. The Morgan fingerprint density at radius 3 is 2.16 bits per heavy atom. The van der Waals surface area contributed by atoms with Crippen molar-refractivity contribution in [3.8, 4) is 5.75 Å². The molecule has 6 heteroatoms. The molecule has 0 aromatic heterocycles. The Bertz CT molecular complexity index is 681. The Balaban J connectivity index is 2.22. The molecule has 0 saturated carbocycles. The van der Waals surface area contributed by atoms with E-state index in [1.165, 1.54) is 12.1 Å². The number of carbonyl (C=O) groups is 1. The first kappa shape index (κ1) is 18.8. The monoisotopic (exact) mass is 352 g/mol. The second-order valence-electron chi connectivity index (χ2n) is 5.52. The molecule has 0 amide bonds. The fourth-order valence-electron chi connectivity index (χ4n) is 2.30. The van der Waals surface area contributed by atoms with Crippen molar-refractivity contribution >= 4 is 5.97 Å². The lowest BCUT2D eigenvalue weighted by molar-refractivity contribution is -0.152. The molecule has 0 radical (unpaired) electrons. The summed E-state index contributed by atoms with van der Waals surface area (Å²) in [7, 11) is 0. The van der Waals surface area contributed by atoms with E-state index in [1.807, 2.05) is 30.3 Å². The first-order valence-electron chi connectivity index (χ1n) is 7.89. The van der Waals surface area contributed by atoms with Crippen LogP contribution in [0.2, 0.25) is 0 Å².